The first-order valence-corrected chi connectivity index (χ1v) is 5.80. The Balaban J connectivity index is 2.77. The molecule has 1 aromatic rings. The molecule has 1 unspecified atom stereocenters. The van der Waals surface area contributed by atoms with Crippen LogP contribution in [0.3, 0.4) is 0 Å². The summed E-state index contributed by atoms with van der Waals surface area (Å²) in [5.41, 5.74) is 6.66. The number of hydrogen-bond acceptors (Lipinski definition) is 5. The number of thiazole rings is 1. The van der Waals surface area contributed by atoms with Gasteiger partial charge in [-0.25, -0.2) is 4.98 Å². The summed E-state index contributed by atoms with van der Waals surface area (Å²) >= 11 is 1.66. The highest BCUT2D eigenvalue weighted by Crippen LogP contribution is 2.25. The van der Waals surface area contributed by atoms with Crippen LogP contribution in [-0.4, -0.2) is 31.8 Å². The third kappa shape index (κ3) is 2.90. The molecule has 1 rings (SSSR count). The van der Waals surface area contributed by atoms with E-state index in [4.69, 9.17) is 10.5 Å². The molecule has 5 heteroatoms. The molecule has 0 aliphatic heterocycles. The fraction of sp³-hybridized carbons (Fsp3) is 0.700. The summed E-state index contributed by atoms with van der Waals surface area (Å²) in [5.74, 6) is 0. The highest BCUT2D eigenvalue weighted by molar-refractivity contribution is 7.15. The minimum Gasteiger partial charge on any atom is -0.383 e. The fourth-order valence-electron chi connectivity index (χ4n) is 1.29. The number of nitrogens with two attached hydrogens (primary N) is 1. The predicted octanol–water partition coefficient (Wildman–Crippen LogP) is 1.38. The van der Waals surface area contributed by atoms with Crippen LogP contribution in [-0.2, 0) is 11.3 Å². The van der Waals surface area contributed by atoms with Crippen molar-refractivity contribution in [2.75, 3.05) is 25.7 Å². The molecule has 4 nitrogen and oxygen atoms in total. The standard InChI is InChI=1S/C10H19N3OS/c1-7(6-14-4)13(3)10-12-8(2)9(5-11)15-10/h7H,5-6,11H2,1-4H3. The van der Waals surface area contributed by atoms with Crippen molar-refractivity contribution in [2.24, 2.45) is 5.73 Å². The van der Waals surface area contributed by atoms with Gasteiger partial charge in [0.15, 0.2) is 5.13 Å². The molecular weight excluding hydrogens is 210 g/mol. The summed E-state index contributed by atoms with van der Waals surface area (Å²) in [4.78, 5) is 7.77. The van der Waals surface area contributed by atoms with Gasteiger partial charge in [0.05, 0.1) is 18.3 Å². The molecule has 1 heterocycles. The lowest BCUT2D eigenvalue weighted by atomic mass is 10.3. The van der Waals surface area contributed by atoms with Crippen LogP contribution >= 0.6 is 11.3 Å². The van der Waals surface area contributed by atoms with Crippen LogP contribution in [0.5, 0.6) is 0 Å². The molecular formula is C10H19N3OS. The Morgan fingerprint density at radius 3 is 2.73 bits per heavy atom. The SMILES string of the molecule is COCC(C)N(C)c1nc(C)c(CN)s1. The minimum atomic E-state index is 0.325. The van der Waals surface area contributed by atoms with Gasteiger partial charge in [0.25, 0.3) is 0 Å². The van der Waals surface area contributed by atoms with Crippen LogP contribution in [0, 0.1) is 6.92 Å². The molecule has 0 amide bonds. The summed E-state index contributed by atoms with van der Waals surface area (Å²) in [6, 6.07) is 0.325. The van der Waals surface area contributed by atoms with Crippen LogP contribution in [0.4, 0.5) is 5.13 Å². The highest BCUT2D eigenvalue weighted by Gasteiger charge is 2.14. The first-order valence-electron chi connectivity index (χ1n) is 4.98. The zero-order valence-electron chi connectivity index (χ0n) is 9.78. The Kier molecular flexibility index (Phi) is 4.50. The number of aryl methyl sites for hydroxylation is 1. The van der Waals surface area contributed by atoms with Crippen molar-refractivity contribution in [3.63, 3.8) is 0 Å². The normalized spacial score (nSPS) is 12.9. The Hall–Kier alpha value is -0.650. The molecule has 0 saturated heterocycles. The monoisotopic (exact) mass is 229 g/mol. The molecule has 86 valence electrons. The third-order valence-corrected chi connectivity index (χ3v) is 3.71. The average molecular weight is 229 g/mol. The van der Waals surface area contributed by atoms with Crippen molar-refractivity contribution in [2.45, 2.75) is 26.4 Å². The smallest absolute Gasteiger partial charge is 0.185 e. The number of hydrogen-bond donors (Lipinski definition) is 1. The molecule has 0 aromatic carbocycles. The van der Waals surface area contributed by atoms with Crippen LogP contribution in [0.25, 0.3) is 0 Å². The maximum atomic E-state index is 5.63. The van der Waals surface area contributed by atoms with Crippen molar-refractivity contribution in [3.8, 4) is 0 Å². The zero-order chi connectivity index (χ0) is 11.4. The van der Waals surface area contributed by atoms with Crippen molar-refractivity contribution in [3.05, 3.63) is 10.6 Å². The molecule has 0 saturated carbocycles. The topological polar surface area (TPSA) is 51.4 Å². The predicted molar refractivity (Wildman–Crippen MR) is 64.5 cm³/mol. The second-order valence-electron chi connectivity index (χ2n) is 3.62. The third-order valence-electron chi connectivity index (χ3n) is 2.44. The van der Waals surface area contributed by atoms with Gasteiger partial charge < -0.3 is 15.4 Å². The fourth-order valence-corrected chi connectivity index (χ4v) is 2.30. The van der Waals surface area contributed by atoms with E-state index in [1.807, 2.05) is 14.0 Å². The quantitative estimate of drug-likeness (QED) is 0.829. The van der Waals surface area contributed by atoms with Crippen LogP contribution < -0.4 is 10.6 Å². The maximum Gasteiger partial charge on any atom is 0.185 e. The van der Waals surface area contributed by atoms with Crippen LogP contribution in [0.2, 0.25) is 0 Å². The van der Waals surface area contributed by atoms with Crippen LogP contribution in [0.15, 0.2) is 0 Å². The minimum absolute atomic E-state index is 0.325. The number of rotatable bonds is 5. The number of methoxy groups -OCH3 is 1. The second-order valence-corrected chi connectivity index (χ2v) is 4.69. The maximum absolute atomic E-state index is 5.63. The Labute approximate surface area is 95.1 Å². The van der Waals surface area contributed by atoms with Gasteiger partial charge in [-0.2, -0.15) is 0 Å². The van der Waals surface area contributed by atoms with Crippen molar-refractivity contribution < 1.29 is 4.74 Å². The van der Waals surface area contributed by atoms with E-state index in [1.54, 1.807) is 18.4 Å². The second kappa shape index (κ2) is 5.44. The number of anilines is 1. The Bertz CT molecular complexity index is 314. The number of aromatic nitrogens is 1. The number of likely N-dealkylation sites (N-methyl/N-ethyl adjacent to an activating group) is 1. The highest BCUT2D eigenvalue weighted by atomic mass is 32.1. The van der Waals surface area contributed by atoms with Gasteiger partial charge in [-0.05, 0) is 13.8 Å². The van der Waals surface area contributed by atoms with Crippen molar-refractivity contribution in [1.82, 2.24) is 4.98 Å². The van der Waals surface area contributed by atoms with Crippen molar-refractivity contribution in [1.29, 1.82) is 0 Å². The van der Waals surface area contributed by atoms with E-state index in [0.717, 1.165) is 15.7 Å². The van der Waals surface area contributed by atoms with Gasteiger partial charge in [0.1, 0.15) is 0 Å². The van der Waals surface area contributed by atoms with E-state index >= 15 is 0 Å². The molecule has 0 fully saturated rings. The Morgan fingerprint density at radius 1 is 1.60 bits per heavy atom. The number of ether oxygens (including phenoxy) is 1. The summed E-state index contributed by atoms with van der Waals surface area (Å²) in [6.07, 6.45) is 0. The molecule has 0 aliphatic rings. The lowest BCUT2D eigenvalue weighted by Crippen LogP contribution is -2.32. The summed E-state index contributed by atoms with van der Waals surface area (Å²) in [5, 5.41) is 1.01. The summed E-state index contributed by atoms with van der Waals surface area (Å²) in [7, 11) is 3.74. The molecule has 0 radical (unpaired) electrons. The first-order chi connectivity index (χ1) is 7.10. The van der Waals surface area contributed by atoms with Gasteiger partial charge in [-0.1, -0.05) is 0 Å². The molecule has 15 heavy (non-hydrogen) atoms. The average Bonchev–Trinajstić information content (AvgIpc) is 2.59. The molecule has 0 bridgehead atoms. The Morgan fingerprint density at radius 2 is 2.27 bits per heavy atom. The van der Waals surface area contributed by atoms with E-state index in [9.17, 15) is 0 Å². The van der Waals surface area contributed by atoms with Gasteiger partial charge in [0, 0.05) is 25.6 Å². The van der Waals surface area contributed by atoms with Gasteiger partial charge in [0.2, 0.25) is 0 Å². The van der Waals surface area contributed by atoms with E-state index in [-0.39, 0.29) is 0 Å². The van der Waals surface area contributed by atoms with E-state index < -0.39 is 0 Å². The molecule has 1 atom stereocenters. The van der Waals surface area contributed by atoms with Gasteiger partial charge >= 0.3 is 0 Å². The van der Waals surface area contributed by atoms with Gasteiger partial charge in [-0.15, -0.1) is 11.3 Å². The summed E-state index contributed by atoms with van der Waals surface area (Å²) < 4.78 is 5.12. The first kappa shape index (κ1) is 12.4. The molecule has 1 aromatic heterocycles. The zero-order valence-corrected chi connectivity index (χ0v) is 10.6. The van der Waals surface area contributed by atoms with Crippen molar-refractivity contribution >= 4 is 16.5 Å². The lowest BCUT2D eigenvalue weighted by molar-refractivity contribution is 0.183. The van der Waals surface area contributed by atoms with E-state index in [1.165, 1.54) is 0 Å². The molecule has 0 spiro atoms. The largest absolute Gasteiger partial charge is 0.383 e. The van der Waals surface area contributed by atoms with E-state index in [0.29, 0.717) is 19.2 Å². The molecule has 0 aliphatic carbocycles. The lowest BCUT2D eigenvalue weighted by Gasteiger charge is -2.23. The van der Waals surface area contributed by atoms with Crippen LogP contribution in [0.1, 0.15) is 17.5 Å². The number of nitrogens with zero attached hydrogens (tertiary/aromatic N) is 2. The van der Waals surface area contributed by atoms with E-state index in [2.05, 4.69) is 16.8 Å². The van der Waals surface area contributed by atoms with Gasteiger partial charge in [-0.3, -0.25) is 0 Å². The molecule has 2 N–H and O–H groups in total. The summed E-state index contributed by atoms with van der Waals surface area (Å²) in [6.45, 7) is 5.38.